The zero-order valence-corrected chi connectivity index (χ0v) is 21.9. The second-order valence-corrected chi connectivity index (χ2v) is 10.1. The molecule has 0 unspecified atom stereocenters. The van der Waals surface area contributed by atoms with Crippen LogP contribution in [-0.4, -0.2) is 63.8 Å². The van der Waals surface area contributed by atoms with Crippen LogP contribution in [0.5, 0.6) is 5.88 Å². The van der Waals surface area contributed by atoms with Gasteiger partial charge in [0.2, 0.25) is 5.88 Å². The van der Waals surface area contributed by atoms with E-state index in [2.05, 4.69) is 51.3 Å². The lowest BCUT2D eigenvalue weighted by molar-refractivity contribution is 0.0950. The van der Waals surface area contributed by atoms with Crippen LogP contribution >= 0.6 is 11.6 Å². The number of amides is 1. The Morgan fingerprint density at radius 2 is 1.89 bits per heavy atom. The Balaban J connectivity index is 1.56. The van der Waals surface area contributed by atoms with Gasteiger partial charge < -0.3 is 20.2 Å². The Labute approximate surface area is 211 Å². The lowest BCUT2D eigenvalue weighted by Crippen LogP contribution is -2.42. The average Bonchev–Trinajstić information content (AvgIpc) is 3.32. The van der Waals surface area contributed by atoms with Crippen molar-refractivity contribution in [2.24, 2.45) is 0 Å². The number of fused-ring (bicyclic) bond motifs is 1. The molecular weight excluding hydrogens is 464 g/mol. The van der Waals surface area contributed by atoms with Gasteiger partial charge in [-0.3, -0.25) is 9.89 Å². The van der Waals surface area contributed by atoms with Gasteiger partial charge in [-0.25, -0.2) is 4.98 Å². The molecular formula is C26H35ClN6O2. The Kier molecular flexibility index (Phi) is 7.52. The van der Waals surface area contributed by atoms with E-state index in [9.17, 15) is 9.90 Å². The number of carbonyl (C=O) groups is 1. The van der Waals surface area contributed by atoms with Gasteiger partial charge in [-0.2, -0.15) is 5.10 Å². The van der Waals surface area contributed by atoms with Crippen LogP contribution in [0.15, 0.2) is 18.3 Å². The van der Waals surface area contributed by atoms with Gasteiger partial charge in [0.15, 0.2) is 0 Å². The number of carbonyl (C=O) groups excluding carboxylic acids is 1. The highest BCUT2D eigenvalue weighted by atomic mass is 35.5. The summed E-state index contributed by atoms with van der Waals surface area (Å²) >= 11 is 6.52. The van der Waals surface area contributed by atoms with Gasteiger partial charge in [0.05, 0.1) is 29.5 Å². The van der Waals surface area contributed by atoms with Crippen LogP contribution in [0, 0.1) is 13.8 Å². The molecule has 0 aliphatic heterocycles. The highest BCUT2D eigenvalue weighted by Gasteiger charge is 2.28. The number of H-pyrrole nitrogens is 1. The summed E-state index contributed by atoms with van der Waals surface area (Å²) in [5, 5.41) is 21.6. The van der Waals surface area contributed by atoms with Crippen molar-refractivity contribution in [3.8, 4) is 5.88 Å². The van der Waals surface area contributed by atoms with Crippen LogP contribution in [-0.2, 0) is 6.54 Å². The van der Waals surface area contributed by atoms with Crippen LogP contribution < -0.4 is 10.2 Å². The predicted octanol–water partition coefficient (Wildman–Crippen LogP) is 4.56. The zero-order valence-electron chi connectivity index (χ0n) is 21.2. The van der Waals surface area contributed by atoms with Crippen molar-refractivity contribution in [2.45, 2.75) is 65.1 Å². The highest BCUT2D eigenvalue weighted by molar-refractivity contribution is 6.31. The van der Waals surface area contributed by atoms with E-state index < -0.39 is 0 Å². The first kappa shape index (κ1) is 25.3. The number of aryl methyl sites for hydroxylation is 1. The van der Waals surface area contributed by atoms with E-state index in [0.717, 1.165) is 48.9 Å². The van der Waals surface area contributed by atoms with E-state index in [1.54, 1.807) is 12.3 Å². The van der Waals surface area contributed by atoms with Gasteiger partial charge in [-0.05, 0) is 78.2 Å². The summed E-state index contributed by atoms with van der Waals surface area (Å²) in [5.74, 6) is -0.361. The van der Waals surface area contributed by atoms with Gasteiger partial charge in [-0.1, -0.05) is 11.6 Å². The number of halogens is 1. The molecule has 0 radical (unpaired) electrons. The van der Waals surface area contributed by atoms with Crippen molar-refractivity contribution >= 4 is 34.1 Å². The van der Waals surface area contributed by atoms with Gasteiger partial charge in [0.25, 0.3) is 5.91 Å². The number of hydrogen-bond donors (Lipinski definition) is 3. The minimum Gasteiger partial charge on any atom is -0.493 e. The van der Waals surface area contributed by atoms with E-state index in [1.807, 2.05) is 19.9 Å². The van der Waals surface area contributed by atoms with Crippen LogP contribution in [0.1, 0.15) is 59.8 Å². The number of hydrogen-bond acceptors (Lipinski definition) is 6. The van der Waals surface area contributed by atoms with Gasteiger partial charge in [0.1, 0.15) is 0 Å². The van der Waals surface area contributed by atoms with E-state index in [0.29, 0.717) is 39.4 Å². The molecule has 3 aromatic rings. The molecule has 35 heavy (non-hydrogen) atoms. The largest absolute Gasteiger partial charge is 0.493 e. The standard InChI is InChI=1S/C26H35ClN6O2/c1-6-33(19-9-7-18(8-10-19)32(4)5)23-12-17(27)11-20(15(23)2)25(34)28-13-22-24-21(14-29-31-24)16(3)30-26(22)35/h11-12,14,18-19H,6-10,13H2,1-5H3,(H,28,34)(H,29,31)(H,30,35)/t18-,19-. The van der Waals surface area contributed by atoms with E-state index in [1.165, 1.54) is 0 Å². The SMILES string of the molecule is CCN(c1cc(Cl)cc(C(=O)NCc2c(O)nc(C)c3cn[nH]c23)c1C)[C@H]1CC[C@H](N(C)C)CC1. The summed E-state index contributed by atoms with van der Waals surface area (Å²) in [7, 11) is 4.30. The number of anilines is 1. The maximum atomic E-state index is 13.3. The third kappa shape index (κ3) is 5.09. The second kappa shape index (κ2) is 10.4. The Morgan fingerprint density at radius 3 is 2.54 bits per heavy atom. The molecule has 1 aromatic carbocycles. The zero-order chi connectivity index (χ0) is 25.3. The molecule has 8 nitrogen and oxygen atoms in total. The number of benzene rings is 1. The maximum Gasteiger partial charge on any atom is 0.251 e. The third-order valence-corrected chi connectivity index (χ3v) is 7.60. The molecule has 1 fully saturated rings. The fraction of sp³-hybridized carbons (Fsp3) is 0.500. The molecule has 0 bridgehead atoms. The number of pyridine rings is 1. The molecule has 1 amide bonds. The molecule has 2 aromatic heterocycles. The molecule has 0 spiro atoms. The van der Waals surface area contributed by atoms with Crippen LogP contribution in [0.2, 0.25) is 5.02 Å². The summed E-state index contributed by atoms with van der Waals surface area (Å²) in [5.41, 5.74) is 4.30. The first-order chi connectivity index (χ1) is 16.7. The molecule has 0 saturated heterocycles. The lowest BCUT2D eigenvalue weighted by atomic mass is 9.89. The van der Waals surface area contributed by atoms with Crippen molar-refractivity contribution in [1.29, 1.82) is 0 Å². The summed E-state index contributed by atoms with van der Waals surface area (Å²) < 4.78 is 0. The molecule has 4 rings (SSSR count). The minimum absolute atomic E-state index is 0.115. The first-order valence-corrected chi connectivity index (χ1v) is 12.6. The average molecular weight is 499 g/mol. The summed E-state index contributed by atoms with van der Waals surface area (Å²) in [6.45, 7) is 6.90. The maximum absolute atomic E-state index is 13.3. The number of rotatable bonds is 7. The van der Waals surface area contributed by atoms with Crippen LogP contribution in [0.3, 0.4) is 0 Å². The van der Waals surface area contributed by atoms with Crippen molar-refractivity contribution in [3.63, 3.8) is 0 Å². The lowest BCUT2D eigenvalue weighted by Gasteiger charge is -2.40. The van der Waals surface area contributed by atoms with Crippen molar-refractivity contribution in [3.05, 3.63) is 45.7 Å². The fourth-order valence-electron chi connectivity index (χ4n) is 5.33. The van der Waals surface area contributed by atoms with Crippen LogP contribution in [0.25, 0.3) is 10.9 Å². The fourth-order valence-corrected chi connectivity index (χ4v) is 5.54. The highest BCUT2D eigenvalue weighted by Crippen LogP contribution is 2.34. The van der Waals surface area contributed by atoms with E-state index in [-0.39, 0.29) is 18.3 Å². The smallest absolute Gasteiger partial charge is 0.251 e. The number of nitrogens with zero attached hydrogens (tertiary/aromatic N) is 4. The summed E-state index contributed by atoms with van der Waals surface area (Å²) in [6, 6.07) is 4.74. The monoisotopic (exact) mass is 498 g/mol. The van der Waals surface area contributed by atoms with Crippen molar-refractivity contribution in [1.82, 2.24) is 25.4 Å². The third-order valence-electron chi connectivity index (χ3n) is 7.38. The topological polar surface area (TPSA) is 97.4 Å². The molecule has 3 N–H and O–H groups in total. The van der Waals surface area contributed by atoms with Crippen molar-refractivity contribution < 1.29 is 9.90 Å². The summed E-state index contributed by atoms with van der Waals surface area (Å²) in [4.78, 5) is 22.2. The second-order valence-electron chi connectivity index (χ2n) is 9.65. The quantitative estimate of drug-likeness (QED) is 0.441. The molecule has 9 heteroatoms. The molecule has 2 heterocycles. The molecule has 188 valence electrons. The van der Waals surface area contributed by atoms with Crippen molar-refractivity contribution in [2.75, 3.05) is 25.5 Å². The minimum atomic E-state index is -0.244. The number of aromatic nitrogens is 3. The Bertz CT molecular complexity index is 1220. The van der Waals surface area contributed by atoms with Gasteiger partial charge in [0, 0.05) is 40.3 Å². The predicted molar refractivity (Wildman–Crippen MR) is 140 cm³/mol. The molecule has 1 aliphatic carbocycles. The molecule has 1 saturated carbocycles. The first-order valence-electron chi connectivity index (χ1n) is 12.2. The number of nitrogens with one attached hydrogen (secondary N) is 2. The van der Waals surface area contributed by atoms with Crippen LogP contribution in [0.4, 0.5) is 5.69 Å². The van der Waals surface area contributed by atoms with Gasteiger partial charge >= 0.3 is 0 Å². The molecule has 0 atom stereocenters. The van der Waals surface area contributed by atoms with E-state index in [4.69, 9.17) is 11.6 Å². The van der Waals surface area contributed by atoms with E-state index >= 15 is 0 Å². The summed E-state index contributed by atoms with van der Waals surface area (Å²) in [6.07, 6.45) is 6.23. The number of aromatic amines is 1. The normalized spacial score (nSPS) is 18.3. The van der Waals surface area contributed by atoms with Gasteiger partial charge in [-0.15, -0.1) is 0 Å². The Hall–Kier alpha value is -2.84. The molecule has 1 aliphatic rings. The Morgan fingerprint density at radius 1 is 1.20 bits per heavy atom. The number of aromatic hydroxyl groups is 1.